The maximum Gasteiger partial charge on any atom is 0.132 e. The summed E-state index contributed by atoms with van der Waals surface area (Å²) in [6.45, 7) is 3.07. The van der Waals surface area contributed by atoms with Crippen LogP contribution < -0.4 is 4.90 Å². The van der Waals surface area contributed by atoms with E-state index in [-0.39, 0.29) is 6.61 Å². The van der Waals surface area contributed by atoms with Gasteiger partial charge >= 0.3 is 0 Å². The third-order valence-electron chi connectivity index (χ3n) is 3.46. The minimum atomic E-state index is 0.0580. The lowest BCUT2D eigenvalue weighted by atomic mass is 10.2. The van der Waals surface area contributed by atoms with Crippen molar-refractivity contribution in [3.05, 3.63) is 45.8 Å². The van der Waals surface area contributed by atoms with Crippen molar-refractivity contribution in [2.75, 3.05) is 4.90 Å². The predicted octanol–water partition coefficient (Wildman–Crippen LogP) is 3.11. The fraction of sp³-hybridized carbons (Fsp3) is 0.400. The molecule has 2 aromatic heterocycles. The summed E-state index contributed by atoms with van der Waals surface area (Å²) in [5.74, 6) is 1.06. The van der Waals surface area contributed by atoms with Gasteiger partial charge in [-0.05, 0) is 48.4 Å². The van der Waals surface area contributed by atoms with Crippen molar-refractivity contribution in [1.82, 2.24) is 4.98 Å². The molecule has 1 saturated carbocycles. The largest absolute Gasteiger partial charge is 0.392 e. The van der Waals surface area contributed by atoms with E-state index in [1.54, 1.807) is 17.5 Å². The molecule has 1 aliphatic carbocycles. The molecule has 3 nitrogen and oxygen atoms in total. The van der Waals surface area contributed by atoms with Crippen molar-refractivity contribution < 1.29 is 5.11 Å². The smallest absolute Gasteiger partial charge is 0.132 e. The van der Waals surface area contributed by atoms with Crippen molar-refractivity contribution in [2.45, 2.75) is 39.0 Å². The molecule has 100 valence electrons. The number of hydrogen-bond donors (Lipinski definition) is 1. The van der Waals surface area contributed by atoms with Crippen molar-refractivity contribution in [3.8, 4) is 0 Å². The summed E-state index contributed by atoms with van der Waals surface area (Å²) in [6, 6.07) is 6.94. The zero-order chi connectivity index (χ0) is 13.2. The lowest BCUT2D eigenvalue weighted by Gasteiger charge is -2.24. The molecule has 0 aliphatic heterocycles. The molecule has 2 aromatic rings. The summed E-state index contributed by atoms with van der Waals surface area (Å²) < 4.78 is 0. The van der Waals surface area contributed by atoms with Gasteiger partial charge in [0, 0.05) is 17.1 Å². The average Bonchev–Trinajstić information content (AvgIpc) is 3.14. The molecule has 1 fully saturated rings. The van der Waals surface area contributed by atoms with Gasteiger partial charge in [-0.2, -0.15) is 0 Å². The number of aliphatic hydroxyl groups is 1. The number of rotatable bonds is 5. The number of aromatic nitrogens is 1. The van der Waals surface area contributed by atoms with E-state index >= 15 is 0 Å². The second-order valence-corrected chi connectivity index (χ2v) is 6.11. The number of hydrogen-bond acceptors (Lipinski definition) is 4. The van der Waals surface area contributed by atoms with Crippen molar-refractivity contribution >= 4 is 17.2 Å². The van der Waals surface area contributed by atoms with Crippen LogP contribution in [0.2, 0.25) is 0 Å². The highest BCUT2D eigenvalue weighted by atomic mass is 32.1. The summed E-state index contributed by atoms with van der Waals surface area (Å²) in [6.07, 6.45) is 4.30. The zero-order valence-electron chi connectivity index (χ0n) is 11.0. The van der Waals surface area contributed by atoms with Crippen molar-refractivity contribution in [1.29, 1.82) is 0 Å². The van der Waals surface area contributed by atoms with Crippen LogP contribution in [0.3, 0.4) is 0 Å². The first-order valence-corrected chi connectivity index (χ1v) is 7.51. The Morgan fingerprint density at radius 3 is 2.89 bits per heavy atom. The molecular formula is C15H18N2OS. The Balaban J connectivity index is 1.87. The second kappa shape index (κ2) is 5.31. The van der Waals surface area contributed by atoms with Gasteiger partial charge in [-0.15, -0.1) is 11.3 Å². The monoisotopic (exact) mass is 274 g/mol. The Labute approximate surface area is 117 Å². The summed E-state index contributed by atoms with van der Waals surface area (Å²) in [5, 5.41) is 11.3. The highest BCUT2D eigenvalue weighted by Gasteiger charge is 2.31. The molecule has 1 N–H and O–H groups in total. The number of pyridine rings is 1. The Kier molecular flexibility index (Phi) is 3.53. The number of aryl methyl sites for hydroxylation is 1. The van der Waals surface area contributed by atoms with E-state index in [0.717, 1.165) is 23.5 Å². The molecule has 0 unspecified atom stereocenters. The quantitative estimate of drug-likeness (QED) is 0.910. The predicted molar refractivity (Wildman–Crippen MR) is 78.4 cm³/mol. The minimum absolute atomic E-state index is 0.0580. The minimum Gasteiger partial charge on any atom is -0.392 e. The lowest BCUT2D eigenvalue weighted by Crippen LogP contribution is -2.26. The van der Waals surface area contributed by atoms with Crippen LogP contribution in [0.1, 0.15) is 28.8 Å². The van der Waals surface area contributed by atoms with Crippen molar-refractivity contribution in [2.24, 2.45) is 0 Å². The van der Waals surface area contributed by atoms with Gasteiger partial charge in [-0.1, -0.05) is 6.07 Å². The average molecular weight is 274 g/mol. The van der Waals surface area contributed by atoms with E-state index < -0.39 is 0 Å². The van der Waals surface area contributed by atoms with Gasteiger partial charge < -0.3 is 10.0 Å². The highest BCUT2D eigenvalue weighted by Crippen LogP contribution is 2.34. The zero-order valence-corrected chi connectivity index (χ0v) is 11.9. The van der Waals surface area contributed by atoms with Crippen LogP contribution in [-0.4, -0.2) is 16.1 Å². The van der Waals surface area contributed by atoms with Crippen LogP contribution in [0.15, 0.2) is 29.8 Å². The van der Waals surface area contributed by atoms with Crippen LogP contribution in [0, 0.1) is 6.92 Å². The van der Waals surface area contributed by atoms with E-state index in [1.165, 1.54) is 17.7 Å². The molecule has 0 bridgehead atoms. The molecule has 0 aromatic carbocycles. The number of aliphatic hydroxyl groups excluding tert-OH is 1. The second-order valence-electron chi connectivity index (χ2n) is 5.08. The van der Waals surface area contributed by atoms with Gasteiger partial charge in [0.1, 0.15) is 5.82 Å². The van der Waals surface area contributed by atoms with Crippen molar-refractivity contribution in [3.63, 3.8) is 0 Å². The molecule has 19 heavy (non-hydrogen) atoms. The first-order chi connectivity index (χ1) is 9.28. The number of thiophene rings is 1. The Hall–Kier alpha value is -1.39. The Bertz CT molecular complexity index is 549. The Morgan fingerprint density at radius 1 is 1.47 bits per heavy atom. The van der Waals surface area contributed by atoms with E-state index in [0.29, 0.717) is 6.04 Å². The summed E-state index contributed by atoms with van der Waals surface area (Å²) >= 11 is 1.80. The molecule has 1 aliphatic rings. The van der Waals surface area contributed by atoms with E-state index in [1.807, 2.05) is 6.07 Å². The molecule has 4 heteroatoms. The van der Waals surface area contributed by atoms with Gasteiger partial charge in [-0.3, -0.25) is 0 Å². The molecule has 0 saturated heterocycles. The maximum atomic E-state index is 9.17. The molecule has 3 rings (SSSR count). The molecule has 0 radical (unpaired) electrons. The highest BCUT2D eigenvalue weighted by molar-refractivity contribution is 7.09. The third kappa shape index (κ3) is 2.80. The van der Waals surface area contributed by atoms with Gasteiger partial charge in [0.25, 0.3) is 0 Å². The van der Waals surface area contributed by atoms with E-state index in [4.69, 9.17) is 5.11 Å². The van der Waals surface area contributed by atoms with Gasteiger partial charge in [-0.25, -0.2) is 4.98 Å². The molecule has 0 amide bonds. The normalized spacial score (nSPS) is 14.6. The third-order valence-corrected chi connectivity index (χ3v) is 4.32. The molecular weight excluding hydrogens is 256 g/mol. The van der Waals surface area contributed by atoms with Crippen LogP contribution in [0.4, 0.5) is 5.82 Å². The van der Waals surface area contributed by atoms with E-state index in [9.17, 15) is 0 Å². The fourth-order valence-electron chi connectivity index (χ4n) is 2.35. The molecule has 0 atom stereocenters. The number of nitrogens with zero attached hydrogens (tertiary/aromatic N) is 2. The first kappa shape index (κ1) is 12.6. The summed E-state index contributed by atoms with van der Waals surface area (Å²) in [4.78, 5) is 8.34. The first-order valence-electron chi connectivity index (χ1n) is 6.63. The van der Waals surface area contributed by atoms with Crippen LogP contribution in [0.5, 0.6) is 0 Å². The summed E-state index contributed by atoms with van der Waals surface area (Å²) in [7, 11) is 0. The SMILES string of the molecule is Cc1cc(CO)cnc1N(Cc1cccs1)C1CC1. The van der Waals surface area contributed by atoms with Crippen LogP contribution in [-0.2, 0) is 13.2 Å². The maximum absolute atomic E-state index is 9.17. The van der Waals surface area contributed by atoms with Crippen LogP contribution in [0.25, 0.3) is 0 Å². The van der Waals surface area contributed by atoms with Gasteiger partial charge in [0.05, 0.1) is 13.2 Å². The van der Waals surface area contributed by atoms with E-state index in [2.05, 4.69) is 34.3 Å². The standard InChI is InChI=1S/C15H18N2OS/c1-11-7-12(10-18)8-16-15(11)17(13-4-5-13)9-14-3-2-6-19-14/h2-3,6-8,13,18H,4-5,9-10H2,1H3. The fourth-order valence-corrected chi connectivity index (χ4v) is 3.05. The molecule has 2 heterocycles. The molecule has 0 spiro atoms. The topological polar surface area (TPSA) is 36.4 Å². The number of anilines is 1. The lowest BCUT2D eigenvalue weighted by molar-refractivity contribution is 0.281. The Morgan fingerprint density at radius 2 is 2.32 bits per heavy atom. The van der Waals surface area contributed by atoms with Crippen LogP contribution >= 0.6 is 11.3 Å². The van der Waals surface area contributed by atoms with Gasteiger partial charge in [0.15, 0.2) is 0 Å². The summed E-state index contributed by atoms with van der Waals surface area (Å²) in [5.41, 5.74) is 2.03. The van der Waals surface area contributed by atoms with Gasteiger partial charge in [0.2, 0.25) is 0 Å².